The topological polar surface area (TPSA) is 98.7 Å². The van der Waals surface area contributed by atoms with Crippen LogP contribution in [0.4, 0.5) is 4.79 Å². The quantitative estimate of drug-likeness (QED) is 0.739. The molecule has 1 atom stereocenters. The molecule has 0 unspecified atom stereocenters. The van der Waals surface area contributed by atoms with Crippen molar-refractivity contribution >= 4 is 16.1 Å². The number of carbonyl (C=O) groups is 1. The van der Waals surface area contributed by atoms with E-state index in [9.17, 15) is 18.3 Å². The van der Waals surface area contributed by atoms with Crippen molar-refractivity contribution in [2.24, 2.45) is 0 Å². The van der Waals surface area contributed by atoms with Gasteiger partial charge in [0, 0.05) is 19.6 Å². The van der Waals surface area contributed by atoms with Crippen molar-refractivity contribution in [1.82, 2.24) is 14.9 Å². The highest BCUT2D eigenvalue weighted by Gasteiger charge is 2.22. The lowest BCUT2D eigenvalue weighted by molar-refractivity contribution is 0.0841. The standard InChI is InChI=1S/C14H21N3O4S/c1-15-22(20,21)13-7-3-2-5-11(13)9-16-14(19)17-8-4-6-12(18)10-17/h2-3,5,7,12,15,18H,4,6,8-10H2,1H3,(H,16,19)/t12-/m0/s1. The predicted octanol–water partition coefficient (Wildman–Crippen LogP) is 0.261. The first-order valence-corrected chi connectivity index (χ1v) is 8.64. The Morgan fingerprint density at radius 1 is 1.41 bits per heavy atom. The first kappa shape index (κ1) is 16.7. The maximum atomic E-state index is 12.1. The van der Waals surface area contributed by atoms with Crippen LogP contribution in [-0.2, 0) is 16.6 Å². The van der Waals surface area contributed by atoms with Gasteiger partial charge in [0.1, 0.15) is 0 Å². The van der Waals surface area contributed by atoms with Crippen LogP contribution in [0.2, 0.25) is 0 Å². The smallest absolute Gasteiger partial charge is 0.317 e. The largest absolute Gasteiger partial charge is 0.391 e. The summed E-state index contributed by atoms with van der Waals surface area (Å²) in [4.78, 5) is 13.8. The number of aliphatic hydroxyl groups is 1. The number of nitrogens with zero attached hydrogens (tertiary/aromatic N) is 1. The number of hydrogen-bond acceptors (Lipinski definition) is 4. The molecule has 2 amide bonds. The van der Waals surface area contributed by atoms with Crippen LogP contribution in [0.3, 0.4) is 0 Å². The van der Waals surface area contributed by atoms with Crippen LogP contribution in [-0.4, -0.2) is 50.7 Å². The molecule has 22 heavy (non-hydrogen) atoms. The molecule has 1 aliphatic heterocycles. The molecular weight excluding hydrogens is 306 g/mol. The molecule has 0 spiro atoms. The van der Waals surface area contributed by atoms with Crippen molar-refractivity contribution in [1.29, 1.82) is 0 Å². The van der Waals surface area contributed by atoms with Gasteiger partial charge in [-0.1, -0.05) is 18.2 Å². The molecule has 122 valence electrons. The van der Waals surface area contributed by atoms with Crippen molar-refractivity contribution < 1.29 is 18.3 Å². The van der Waals surface area contributed by atoms with E-state index >= 15 is 0 Å². The fraction of sp³-hybridized carbons (Fsp3) is 0.500. The molecule has 1 aromatic carbocycles. The number of carbonyl (C=O) groups excluding carboxylic acids is 1. The monoisotopic (exact) mass is 327 g/mol. The fourth-order valence-corrected chi connectivity index (χ4v) is 3.41. The molecular formula is C14H21N3O4S. The van der Waals surface area contributed by atoms with E-state index in [0.29, 0.717) is 25.1 Å². The molecule has 3 N–H and O–H groups in total. The van der Waals surface area contributed by atoms with E-state index in [1.54, 1.807) is 23.1 Å². The molecule has 1 fully saturated rings. The Morgan fingerprint density at radius 3 is 2.82 bits per heavy atom. The number of sulfonamides is 1. The Bertz CT molecular complexity index is 633. The third kappa shape index (κ3) is 3.96. The maximum absolute atomic E-state index is 12.1. The second-order valence-electron chi connectivity index (χ2n) is 5.22. The molecule has 0 bridgehead atoms. The number of aliphatic hydroxyl groups excluding tert-OH is 1. The fourth-order valence-electron chi connectivity index (χ4n) is 2.44. The van der Waals surface area contributed by atoms with Gasteiger partial charge in [0.25, 0.3) is 0 Å². The molecule has 1 heterocycles. The molecule has 0 saturated carbocycles. The van der Waals surface area contributed by atoms with E-state index in [4.69, 9.17) is 0 Å². The Balaban J connectivity index is 2.04. The van der Waals surface area contributed by atoms with E-state index in [2.05, 4.69) is 10.0 Å². The van der Waals surface area contributed by atoms with Crippen LogP contribution in [0.5, 0.6) is 0 Å². The third-order valence-electron chi connectivity index (χ3n) is 3.64. The third-order valence-corrected chi connectivity index (χ3v) is 5.16. The highest BCUT2D eigenvalue weighted by molar-refractivity contribution is 7.89. The van der Waals surface area contributed by atoms with Gasteiger partial charge in [0.2, 0.25) is 10.0 Å². The van der Waals surface area contributed by atoms with E-state index < -0.39 is 16.1 Å². The van der Waals surface area contributed by atoms with Gasteiger partial charge < -0.3 is 15.3 Å². The lowest BCUT2D eigenvalue weighted by atomic mass is 10.1. The van der Waals surface area contributed by atoms with Crippen molar-refractivity contribution in [2.45, 2.75) is 30.4 Å². The summed E-state index contributed by atoms with van der Waals surface area (Å²) in [5.41, 5.74) is 0.516. The molecule has 0 radical (unpaired) electrons. The second-order valence-corrected chi connectivity index (χ2v) is 7.07. The molecule has 1 aliphatic rings. The summed E-state index contributed by atoms with van der Waals surface area (Å²) in [7, 11) is -2.22. The molecule has 7 nitrogen and oxygen atoms in total. The first-order chi connectivity index (χ1) is 10.4. The van der Waals surface area contributed by atoms with Crippen LogP contribution in [0, 0.1) is 0 Å². The predicted molar refractivity (Wildman–Crippen MR) is 81.7 cm³/mol. The van der Waals surface area contributed by atoms with Gasteiger partial charge in [0.05, 0.1) is 11.0 Å². The Morgan fingerprint density at radius 2 is 2.14 bits per heavy atom. The number of nitrogens with one attached hydrogen (secondary N) is 2. The minimum absolute atomic E-state index is 0.114. The van der Waals surface area contributed by atoms with E-state index in [1.165, 1.54) is 13.1 Å². The van der Waals surface area contributed by atoms with Crippen LogP contribution in [0.1, 0.15) is 18.4 Å². The minimum atomic E-state index is -3.57. The summed E-state index contributed by atoms with van der Waals surface area (Å²) in [5.74, 6) is 0. The highest BCUT2D eigenvalue weighted by Crippen LogP contribution is 2.15. The zero-order valence-corrected chi connectivity index (χ0v) is 13.3. The van der Waals surface area contributed by atoms with Crippen molar-refractivity contribution in [3.05, 3.63) is 29.8 Å². The molecule has 0 aromatic heterocycles. The zero-order chi connectivity index (χ0) is 16.2. The number of benzene rings is 1. The summed E-state index contributed by atoms with van der Waals surface area (Å²) in [6.45, 7) is 1.02. The van der Waals surface area contributed by atoms with Gasteiger partial charge in [-0.2, -0.15) is 0 Å². The molecule has 2 rings (SSSR count). The zero-order valence-electron chi connectivity index (χ0n) is 12.4. The van der Waals surface area contributed by atoms with Crippen LogP contribution in [0.15, 0.2) is 29.2 Å². The number of hydrogen-bond donors (Lipinski definition) is 3. The molecule has 0 aliphatic carbocycles. The van der Waals surface area contributed by atoms with E-state index in [-0.39, 0.29) is 17.5 Å². The van der Waals surface area contributed by atoms with Gasteiger partial charge in [-0.25, -0.2) is 17.9 Å². The van der Waals surface area contributed by atoms with Crippen LogP contribution in [0.25, 0.3) is 0 Å². The van der Waals surface area contributed by atoms with E-state index in [0.717, 1.165) is 6.42 Å². The lowest BCUT2D eigenvalue weighted by Crippen LogP contribution is -2.46. The molecule has 8 heteroatoms. The van der Waals surface area contributed by atoms with Gasteiger partial charge in [-0.3, -0.25) is 0 Å². The number of piperidine rings is 1. The van der Waals surface area contributed by atoms with Gasteiger partial charge in [-0.05, 0) is 31.5 Å². The number of β-amino-alcohol motifs (C(OH)–C–C–N with tert-alkyl or cyclic N) is 1. The van der Waals surface area contributed by atoms with Crippen molar-refractivity contribution in [2.75, 3.05) is 20.1 Å². The van der Waals surface area contributed by atoms with Gasteiger partial charge in [-0.15, -0.1) is 0 Å². The second kappa shape index (κ2) is 7.08. The first-order valence-electron chi connectivity index (χ1n) is 7.16. The minimum Gasteiger partial charge on any atom is -0.391 e. The highest BCUT2D eigenvalue weighted by atomic mass is 32.2. The normalized spacial score (nSPS) is 19.0. The van der Waals surface area contributed by atoms with Crippen molar-refractivity contribution in [3.8, 4) is 0 Å². The number of rotatable bonds is 4. The Labute approximate surface area is 130 Å². The van der Waals surface area contributed by atoms with Crippen LogP contribution >= 0.6 is 0 Å². The van der Waals surface area contributed by atoms with Gasteiger partial charge >= 0.3 is 6.03 Å². The summed E-state index contributed by atoms with van der Waals surface area (Å²) < 4.78 is 26.2. The molecule has 1 aromatic rings. The summed E-state index contributed by atoms with van der Waals surface area (Å²) in [6.07, 6.45) is 0.975. The summed E-state index contributed by atoms with van der Waals surface area (Å²) >= 11 is 0. The van der Waals surface area contributed by atoms with Gasteiger partial charge in [0.15, 0.2) is 0 Å². The average molecular weight is 327 g/mol. The Hall–Kier alpha value is -1.64. The molecule has 1 saturated heterocycles. The number of urea groups is 1. The van der Waals surface area contributed by atoms with Crippen molar-refractivity contribution in [3.63, 3.8) is 0 Å². The summed E-state index contributed by atoms with van der Waals surface area (Å²) in [6, 6.07) is 6.22. The van der Waals surface area contributed by atoms with Crippen LogP contribution < -0.4 is 10.0 Å². The lowest BCUT2D eigenvalue weighted by Gasteiger charge is -2.30. The van der Waals surface area contributed by atoms with E-state index in [1.807, 2.05) is 0 Å². The number of amides is 2. The number of likely N-dealkylation sites (tertiary alicyclic amines) is 1. The maximum Gasteiger partial charge on any atom is 0.317 e. The Kier molecular flexibility index (Phi) is 5.38. The summed E-state index contributed by atoms with van der Waals surface area (Å²) in [5, 5.41) is 12.3. The SMILES string of the molecule is CNS(=O)(=O)c1ccccc1CNC(=O)N1CCC[C@H](O)C1. The average Bonchev–Trinajstić information content (AvgIpc) is 2.52.